The van der Waals surface area contributed by atoms with Gasteiger partial charge in [0.05, 0.1) is 4.88 Å². The molecule has 0 saturated carbocycles. The van der Waals surface area contributed by atoms with Crippen LogP contribution in [0, 0.1) is 6.92 Å². The van der Waals surface area contributed by atoms with Gasteiger partial charge in [0, 0.05) is 23.7 Å². The number of rotatable bonds is 4. The highest BCUT2D eigenvalue weighted by atomic mass is 32.1. The second-order valence-corrected chi connectivity index (χ2v) is 4.94. The van der Waals surface area contributed by atoms with Gasteiger partial charge in [-0.3, -0.25) is 4.79 Å². The number of nitrogen functional groups attached to an aromatic ring is 1. The van der Waals surface area contributed by atoms with Gasteiger partial charge in [0.1, 0.15) is 0 Å². The summed E-state index contributed by atoms with van der Waals surface area (Å²) in [4.78, 5) is 15.3. The Morgan fingerprint density at radius 3 is 2.73 bits per heavy atom. The third-order valence-corrected chi connectivity index (χ3v) is 3.09. The van der Waals surface area contributed by atoms with Crippen molar-refractivity contribution in [3.63, 3.8) is 0 Å². The van der Waals surface area contributed by atoms with Crippen molar-refractivity contribution >= 4 is 22.9 Å². The Kier molecular flexibility index (Phi) is 4.11. The second-order valence-electron chi connectivity index (χ2n) is 3.68. The first-order chi connectivity index (χ1) is 7.00. The lowest BCUT2D eigenvalue weighted by Crippen LogP contribution is -2.30. The van der Waals surface area contributed by atoms with E-state index in [1.54, 1.807) is 6.07 Å². The van der Waals surface area contributed by atoms with Crippen LogP contribution < -0.4 is 11.1 Å². The Morgan fingerprint density at radius 1 is 1.60 bits per heavy atom. The molecule has 0 saturated heterocycles. The highest BCUT2D eigenvalue weighted by molar-refractivity contribution is 7.14. The van der Waals surface area contributed by atoms with Crippen molar-refractivity contribution in [2.45, 2.75) is 6.92 Å². The van der Waals surface area contributed by atoms with Gasteiger partial charge in [-0.25, -0.2) is 0 Å². The highest BCUT2D eigenvalue weighted by Gasteiger charge is 2.09. The van der Waals surface area contributed by atoms with E-state index in [4.69, 9.17) is 5.73 Å². The smallest absolute Gasteiger partial charge is 0.261 e. The average Bonchev–Trinajstić information content (AvgIpc) is 2.46. The number of anilines is 1. The molecular formula is C10H17N3OS. The van der Waals surface area contributed by atoms with Crippen LogP contribution in [0.3, 0.4) is 0 Å². The molecule has 0 radical (unpaired) electrons. The van der Waals surface area contributed by atoms with Crippen molar-refractivity contribution in [3.8, 4) is 0 Å². The number of nitrogens with one attached hydrogen (secondary N) is 1. The highest BCUT2D eigenvalue weighted by Crippen LogP contribution is 2.22. The zero-order valence-corrected chi connectivity index (χ0v) is 10.1. The quantitative estimate of drug-likeness (QED) is 0.804. The number of nitrogens with two attached hydrogens (primary N) is 1. The lowest BCUT2D eigenvalue weighted by molar-refractivity contribution is 0.0955. The molecule has 0 aliphatic carbocycles. The van der Waals surface area contributed by atoms with Crippen molar-refractivity contribution in [2.24, 2.45) is 0 Å². The third-order valence-electron chi connectivity index (χ3n) is 2.02. The topological polar surface area (TPSA) is 58.4 Å². The number of hydrogen-bond acceptors (Lipinski definition) is 4. The number of likely N-dealkylation sites (N-methyl/N-ethyl adjacent to an activating group) is 1. The van der Waals surface area contributed by atoms with Crippen LogP contribution in [0.4, 0.5) is 5.69 Å². The summed E-state index contributed by atoms with van der Waals surface area (Å²) in [6.45, 7) is 3.41. The zero-order chi connectivity index (χ0) is 11.4. The molecule has 0 fully saturated rings. The monoisotopic (exact) mass is 227 g/mol. The molecule has 15 heavy (non-hydrogen) atoms. The molecule has 5 heteroatoms. The minimum atomic E-state index is -0.0401. The van der Waals surface area contributed by atoms with Gasteiger partial charge in [-0.1, -0.05) is 0 Å². The summed E-state index contributed by atoms with van der Waals surface area (Å²) in [6, 6.07) is 1.73. The van der Waals surface area contributed by atoms with Crippen molar-refractivity contribution < 1.29 is 4.79 Å². The van der Waals surface area contributed by atoms with E-state index in [9.17, 15) is 4.79 Å². The van der Waals surface area contributed by atoms with Gasteiger partial charge in [0.25, 0.3) is 5.91 Å². The van der Waals surface area contributed by atoms with Crippen LogP contribution in [-0.2, 0) is 0 Å². The number of nitrogens with zero attached hydrogens (tertiary/aromatic N) is 1. The van der Waals surface area contributed by atoms with Gasteiger partial charge in [-0.15, -0.1) is 11.3 Å². The molecule has 4 nitrogen and oxygen atoms in total. The van der Waals surface area contributed by atoms with Gasteiger partial charge in [0.2, 0.25) is 0 Å². The number of aryl methyl sites for hydroxylation is 1. The van der Waals surface area contributed by atoms with Crippen molar-refractivity contribution in [3.05, 3.63) is 15.8 Å². The van der Waals surface area contributed by atoms with Crippen molar-refractivity contribution in [1.82, 2.24) is 10.2 Å². The molecule has 0 spiro atoms. The van der Waals surface area contributed by atoms with E-state index in [-0.39, 0.29) is 5.91 Å². The molecule has 3 N–H and O–H groups in total. The Labute approximate surface area is 94.1 Å². The molecule has 1 amide bonds. The fraction of sp³-hybridized carbons (Fsp3) is 0.500. The maximum atomic E-state index is 11.6. The number of thiophene rings is 1. The van der Waals surface area contributed by atoms with E-state index in [1.165, 1.54) is 11.3 Å². The van der Waals surface area contributed by atoms with Crippen LogP contribution in [0.2, 0.25) is 0 Å². The summed E-state index contributed by atoms with van der Waals surface area (Å²) >= 11 is 1.43. The number of carbonyl (C=O) groups is 1. The van der Waals surface area contributed by atoms with Gasteiger partial charge in [-0.05, 0) is 27.1 Å². The van der Waals surface area contributed by atoms with Crippen molar-refractivity contribution in [2.75, 3.05) is 32.9 Å². The first-order valence-electron chi connectivity index (χ1n) is 4.79. The molecule has 0 atom stereocenters. The van der Waals surface area contributed by atoms with Crippen LogP contribution in [-0.4, -0.2) is 38.0 Å². The first kappa shape index (κ1) is 12.0. The molecule has 0 unspecified atom stereocenters. The first-order valence-corrected chi connectivity index (χ1v) is 5.61. The molecular weight excluding hydrogens is 210 g/mol. The maximum Gasteiger partial charge on any atom is 0.261 e. The molecule has 1 rings (SSSR count). The van der Waals surface area contributed by atoms with Crippen molar-refractivity contribution in [1.29, 1.82) is 0 Å². The average molecular weight is 227 g/mol. The number of hydrogen-bond donors (Lipinski definition) is 2. The minimum absolute atomic E-state index is 0.0401. The Bertz CT molecular complexity index is 327. The predicted molar refractivity (Wildman–Crippen MR) is 64.4 cm³/mol. The van der Waals surface area contributed by atoms with E-state index in [1.807, 2.05) is 25.9 Å². The van der Waals surface area contributed by atoms with Crippen LogP contribution in [0.25, 0.3) is 0 Å². The molecule has 0 aliphatic rings. The fourth-order valence-corrected chi connectivity index (χ4v) is 1.95. The van der Waals surface area contributed by atoms with Gasteiger partial charge in [0.15, 0.2) is 0 Å². The van der Waals surface area contributed by atoms with Gasteiger partial charge in [-0.2, -0.15) is 0 Å². The normalized spacial score (nSPS) is 10.7. The summed E-state index contributed by atoms with van der Waals surface area (Å²) in [7, 11) is 3.94. The van der Waals surface area contributed by atoms with Crippen LogP contribution in [0.5, 0.6) is 0 Å². The Balaban J connectivity index is 2.47. The Hall–Kier alpha value is -1.07. The minimum Gasteiger partial charge on any atom is -0.398 e. The van der Waals surface area contributed by atoms with E-state index in [0.29, 0.717) is 17.1 Å². The lowest BCUT2D eigenvalue weighted by atomic mass is 10.3. The van der Waals surface area contributed by atoms with E-state index < -0.39 is 0 Å². The maximum absolute atomic E-state index is 11.6. The second kappa shape index (κ2) is 5.14. The molecule has 1 aromatic rings. The largest absolute Gasteiger partial charge is 0.398 e. The number of carbonyl (C=O) groups excluding carboxylic acids is 1. The molecule has 0 aliphatic heterocycles. The lowest BCUT2D eigenvalue weighted by Gasteiger charge is -2.09. The molecule has 84 valence electrons. The SMILES string of the molecule is Cc1sc(C(=O)NCCN(C)C)cc1N. The fourth-order valence-electron chi connectivity index (χ4n) is 1.09. The predicted octanol–water partition coefficient (Wildman–Crippen LogP) is 0.930. The van der Waals surface area contributed by atoms with Crippen LogP contribution >= 0.6 is 11.3 Å². The van der Waals surface area contributed by atoms with E-state index in [0.717, 1.165) is 11.4 Å². The zero-order valence-electron chi connectivity index (χ0n) is 9.33. The van der Waals surface area contributed by atoms with Crippen LogP contribution in [0.1, 0.15) is 14.5 Å². The summed E-state index contributed by atoms with van der Waals surface area (Å²) in [6.07, 6.45) is 0. The van der Waals surface area contributed by atoms with E-state index >= 15 is 0 Å². The molecule has 1 aromatic heterocycles. The summed E-state index contributed by atoms with van der Waals surface area (Å²) in [5.74, 6) is -0.0401. The molecule has 1 heterocycles. The summed E-state index contributed by atoms with van der Waals surface area (Å²) in [5, 5.41) is 2.85. The Morgan fingerprint density at radius 2 is 2.27 bits per heavy atom. The van der Waals surface area contributed by atoms with Crippen LogP contribution in [0.15, 0.2) is 6.07 Å². The molecule has 0 aromatic carbocycles. The van der Waals surface area contributed by atoms with Gasteiger partial charge >= 0.3 is 0 Å². The number of amides is 1. The van der Waals surface area contributed by atoms with E-state index in [2.05, 4.69) is 5.32 Å². The van der Waals surface area contributed by atoms with Gasteiger partial charge < -0.3 is 16.0 Å². The summed E-state index contributed by atoms with van der Waals surface area (Å²) in [5.41, 5.74) is 6.37. The summed E-state index contributed by atoms with van der Waals surface area (Å²) < 4.78 is 0. The molecule has 0 bridgehead atoms. The third kappa shape index (κ3) is 3.53. The standard InChI is InChI=1S/C10H17N3OS/c1-7-8(11)6-9(15-7)10(14)12-4-5-13(2)3/h6H,4-5,11H2,1-3H3,(H,12,14).